The minimum atomic E-state index is 0.439. The zero-order valence-corrected chi connectivity index (χ0v) is 20.4. The molecule has 1 atom stereocenters. The summed E-state index contributed by atoms with van der Waals surface area (Å²) in [6, 6.07) is 11.3. The lowest BCUT2D eigenvalue weighted by Gasteiger charge is -2.21. The highest BCUT2D eigenvalue weighted by atomic mass is 127. The van der Waals surface area contributed by atoms with Crippen LogP contribution in [0.15, 0.2) is 48.7 Å². The molecule has 0 radical (unpaired) electrons. The fourth-order valence-corrected chi connectivity index (χ4v) is 4.77. The molecule has 1 aromatic carbocycles. The second kappa shape index (κ2) is 10.5. The Balaban J connectivity index is 1.83. The Kier molecular flexibility index (Phi) is 8.05. The predicted molar refractivity (Wildman–Crippen MR) is 136 cm³/mol. The minimum absolute atomic E-state index is 0.439. The molecule has 0 saturated heterocycles. The molecule has 29 heavy (non-hydrogen) atoms. The van der Waals surface area contributed by atoms with Gasteiger partial charge < -0.3 is 9.88 Å². The van der Waals surface area contributed by atoms with Gasteiger partial charge in [0, 0.05) is 18.4 Å². The zero-order chi connectivity index (χ0) is 20.8. The van der Waals surface area contributed by atoms with E-state index in [0.29, 0.717) is 3.92 Å². The Bertz CT molecular complexity index is 844. The van der Waals surface area contributed by atoms with E-state index in [1.165, 1.54) is 72.3 Å². The molecular weight excluding hydrogens is 467 g/mol. The smallest absolute Gasteiger partial charge is 0.0633 e. The minimum Gasteiger partial charge on any atom is -0.356 e. The van der Waals surface area contributed by atoms with Gasteiger partial charge in [-0.05, 0) is 69.6 Å². The summed E-state index contributed by atoms with van der Waals surface area (Å²) in [6.07, 6.45) is 12.4. The van der Waals surface area contributed by atoms with Crippen molar-refractivity contribution in [2.75, 3.05) is 11.9 Å². The van der Waals surface area contributed by atoms with Crippen molar-refractivity contribution in [2.45, 2.75) is 69.1 Å². The van der Waals surface area contributed by atoms with Gasteiger partial charge in [-0.2, -0.15) is 0 Å². The highest BCUT2D eigenvalue weighted by Gasteiger charge is 2.20. The van der Waals surface area contributed by atoms with E-state index in [4.69, 9.17) is 0 Å². The third-order valence-corrected chi connectivity index (χ3v) is 7.26. The first-order valence-corrected chi connectivity index (χ1v) is 12.2. The topological polar surface area (TPSA) is 19.0 Å². The van der Waals surface area contributed by atoms with Crippen molar-refractivity contribution in [3.05, 3.63) is 71.2 Å². The fourth-order valence-electron chi connectivity index (χ4n) is 3.98. The van der Waals surface area contributed by atoms with Crippen molar-refractivity contribution in [1.29, 1.82) is 0 Å². The lowest BCUT2D eigenvalue weighted by molar-refractivity contribution is 0.643. The van der Waals surface area contributed by atoms with Crippen molar-refractivity contribution in [2.24, 2.45) is 0 Å². The fraction of sp³-hybridized carbons (Fsp3) is 0.462. The third kappa shape index (κ3) is 6.00. The third-order valence-electron chi connectivity index (χ3n) is 6.02. The number of nitrogens with zero attached hydrogens (tertiary/aromatic N) is 1. The number of hydrogen-bond donors (Lipinski definition) is 1. The van der Waals surface area contributed by atoms with E-state index in [1.54, 1.807) is 0 Å². The van der Waals surface area contributed by atoms with E-state index in [-0.39, 0.29) is 0 Å². The molecule has 2 aromatic rings. The van der Waals surface area contributed by atoms with Gasteiger partial charge in [-0.15, -0.1) is 0 Å². The highest BCUT2D eigenvalue weighted by Crippen LogP contribution is 2.39. The van der Waals surface area contributed by atoms with Gasteiger partial charge in [0.25, 0.3) is 0 Å². The van der Waals surface area contributed by atoms with Crippen LogP contribution >= 0.6 is 22.6 Å². The van der Waals surface area contributed by atoms with Crippen molar-refractivity contribution in [1.82, 2.24) is 4.98 Å². The number of benzene rings is 1. The average Bonchev–Trinajstić information content (AvgIpc) is 3.11. The van der Waals surface area contributed by atoms with Crippen molar-refractivity contribution < 1.29 is 0 Å². The first kappa shape index (κ1) is 22.2. The van der Waals surface area contributed by atoms with Gasteiger partial charge in [-0.25, -0.2) is 0 Å². The maximum absolute atomic E-state index is 4.18. The number of aromatic amines is 1. The molecule has 2 nitrogen and oxygen atoms in total. The molecular formula is C26H35IN2. The number of allylic oxidation sites excluding steroid dienone is 3. The molecule has 1 heterocycles. The van der Waals surface area contributed by atoms with Crippen LogP contribution in [0.3, 0.4) is 0 Å². The summed E-state index contributed by atoms with van der Waals surface area (Å²) in [5.41, 5.74) is 9.23. The Hall–Kier alpha value is -1.49. The number of anilines is 1. The van der Waals surface area contributed by atoms with Crippen molar-refractivity contribution in [3.8, 4) is 0 Å². The quantitative estimate of drug-likeness (QED) is 0.299. The molecule has 1 aliphatic carbocycles. The second-order valence-corrected chi connectivity index (χ2v) is 9.95. The van der Waals surface area contributed by atoms with E-state index >= 15 is 0 Å². The number of nitrogens with one attached hydrogen (secondary N) is 1. The molecule has 0 unspecified atom stereocenters. The molecule has 1 aromatic heterocycles. The number of aryl methyl sites for hydroxylation is 2. The molecule has 1 N–H and O–H groups in total. The summed E-state index contributed by atoms with van der Waals surface area (Å²) in [5.74, 6) is 0. The summed E-state index contributed by atoms with van der Waals surface area (Å²) >= 11 is 2.61. The summed E-state index contributed by atoms with van der Waals surface area (Å²) in [5, 5.41) is 0. The van der Waals surface area contributed by atoms with E-state index in [9.17, 15) is 0 Å². The number of alkyl halides is 1. The Labute approximate surface area is 190 Å². The van der Waals surface area contributed by atoms with E-state index in [0.717, 1.165) is 18.5 Å². The van der Waals surface area contributed by atoms with Crippen LogP contribution in [0.25, 0.3) is 5.57 Å². The van der Waals surface area contributed by atoms with Crippen LogP contribution in [0.2, 0.25) is 0 Å². The number of hydrogen-bond acceptors (Lipinski definition) is 1. The van der Waals surface area contributed by atoms with Crippen molar-refractivity contribution in [3.63, 3.8) is 0 Å². The summed E-state index contributed by atoms with van der Waals surface area (Å²) < 4.78 is 0.439. The van der Waals surface area contributed by atoms with Crippen LogP contribution in [-0.4, -0.2) is 12.0 Å². The molecule has 3 heteroatoms. The SMILES string of the molecule is C=C(C)N(C)c1cc(/C2=C\CCCCCC2)[nH]c1[C@H](I)CCc1ccc(C)cc1. The Morgan fingerprint density at radius 2 is 1.90 bits per heavy atom. The number of halogens is 1. The summed E-state index contributed by atoms with van der Waals surface area (Å²) in [6.45, 7) is 8.41. The van der Waals surface area contributed by atoms with Crippen molar-refractivity contribution >= 4 is 33.9 Å². The molecule has 0 aliphatic heterocycles. The molecule has 0 spiro atoms. The van der Waals surface area contributed by atoms with Crippen LogP contribution in [0.1, 0.15) is 78.3 Å². The zero-order valence-electron chi connectivity index (χ0n) is 18.2. The monoisotopic (exact) mass is 502 g/mol. The van der Waals surface area contributed by atoms with E-state index in [2.05, 4.69) is 96.4 Å². The Morgan fingerprint density at radius 3 is 2.62 bits per heavy atom. The van der Waals surface area contributed by atoms with Gasteiger partial charge in [0.2, 0.25) is 0 Å². The normalized spacial score (nSPS) is 17.7. The standard InChI is InChI=1S/C26H35IN2/c1-19(2)29(4)25-18-24(22-10-8-6-5-7-9-11-22)28-26(25)23(27)17-16-21-14-12-20(3)13-15-21/h10,12-15,18,23,28H,1,5-9,11,16-17H2,2-4H3/b22-10-/t23-/m1/s1. The van der Waals surface area contributed by atoms with Gasteiger partial charge in [0.1, 0.15) is 0 Å². The maximum atomic E-state index is 4.18. The maximum Gasteiger partial charge on any atom is 0.0633 e. The number of H-pyrrole nitrogens is 1. The number of aromatic nitrogens is 1. The lowest BCUT2D eigenvalue weighted by atomic mass is 9.98. The van der Waals surface area contributed by atoms with Crippen LogP contribution < -0.4 is 4.90 Å². The highest BCUT2D eigenvalue weighted by molar-refractivity contribution is 14.1. The molecule has 156 valence electrons. The Morgan fingerprint density at radius 1 is 1.17 bits per heavy atom. The first-order chi connectivity index (χ1) is 14.0. The molecule has 1 aliphatic rings. The van der Waals surface area contributed by atoms with Gasteiger partial charge in [0.15, 0.2) is 0 Å². The van der Waals surface area contributed by atoms with Crippen LogP contribution in [-0.2, 0) is 6.42 Å². The van der Waals surface area contributed by atoms with Crippen LogP contribution in [0, 0.1) is 6.92 Å². The molecule has 0 amide bonds. The van der Waals surface area contributed by atoms with E-state index in [1.807, 2.05) is 0 Å². The molecule has 0 bridgehead atoms. The van der Waals surface area contributed by atoms with Gasteiger partial charge in [0.05, 0.1) is 15.3 Å². The predicted octanol–water partition coefficient (Wildman–Crippen LogP) is 8.14. The van der Waals surface area contributed by atoms with Crippen LogP contribution in [0.5, 0.6) is 0 Å². The summed E-state index contributed by atoms with van der Waals surface area (Å²) in [7, 11) is 2.13. The molecule has 3 rings (SSSR count). The molecule has 0 fully saturated rings. The second-order valence-electron chi connectivity index (χ2n) is 8.45. The van der Waals surface area contributed by atoms with Gasteiger partial charge in [-0.1, -0.05) is 77.9 Å². The lowest BCUT2D eigenvalue weighted by Crippen LogP contribution is -2.14. The average molecular weight is 502 g/mol. The van der Waals surface area contributed by atoms with Gasteiger partial charge >= 0.3 is 0 Å². The van der Waals surface area contributed by atoms with Crippen LogP contribution in [0.4, 0.5) is 5.69 Å². The van der Waals surface area contributed by atoms with E-state index < -0.39 is 0 Å². The van der Waals surface area contributed by atoms with Gasteiger partial charge in [-0.3, -0.25) is 0 Å². The number of rotatable bonds is 7. The largest absolute Gasteiger partial charge is 0.356 e. The molecule has 0 saturated carbocycles. The summed E-state index contributed by atoms with van der Waals surface area (Å²) in [4.78, 5) is 6.05. The first-order valence-electron chi connectivity index (χ1n) is 11.0.